The highest BCUT2D eigenvalue weighted by molar-refractivity contribution is 9.10. The third-order valence-electron chi connectivity index (χ3n) is 2.38. The van der Waals surface area contributed by atoms with Crippen molar-refractivity contribution in [2.75, 3.05) is 13.2 Å². The Labute approximate surface area is 117 Å². The fraction of sp³-hybridized carbons (Fsp3) is 0.231. The maximum Gasteiger partial charge on any atom is 0.200 e. The molecule has 0 saturated carbocycles. The van der Waals surface area contributed by atoms with Crippen LogP contribution in [0.4, 0.5) is 8.78 Å². The molecule has 1 heterocycles. The molecule has 0 saturated heterocycles. The maximum atomic E-state index is 13.4. The van der Waals surface area contributed by atoms with Crippen molar-refractivity contribution < 1.29 is 17.9 Å². The van der Waals surface area contributed by atoms with Crippen LogP contribution in [0.1, 0.15) is 5.76 Å². The van der Waals surface area contributed by atoms with Gasteiger partial charge in [0.1, 0.15) is 12.4 Å². The van der Waals surface area contributed by atoms with E-state index in [1.807, 2.05) is 6.07 Å². The van der Waals surface area contributed by atoms with E-state index in [9.17, 15) is 8.78 Å². The zero-order chi connectivity index (χ0) is 13.7. The highest BCUT2D eigenvalue weighted by atomic mass is 79.9. The number of halogens is 3. The van der Waals surface area contributed by atoms with E-state index in [1.54, 1.807) is 12.3 Å². The first-order chi connectivity index (χ1) is 9.16. The Balaban J connectivity index is 1.76. The molecular weight excluding hydrogens is 320 g/mol. The Bertz CT molecular complexity index is 532. The smallest absolute Gasteiger partial charge is 0.200 e. The largest absolute Gasteiger partial charge is 0.489 e. The van der Waals surface area contributed by atoms with Crippen molar-refractivity contribution in [3.63, 3.8) is 0 Å². The number of nitrogens with one attached hydrogen (secondary N) is 1. The second-order valence-electron chi connectivity index (χ2n) is 3.80. The van der Waals surface area contributed by atoms with Crippen LogP contribution in [0, 0.1) is 11.6 Å². The fourth-order valence-corrected chi connectivity index (χ4v) is 1.90. The van der Waals surface area contributed by atoms with Gasteiger partial charge in [-0.1, -0.05) is 15.9 Å². The topological polar surface area (TPSA) is 34.4 Å². The number of hydrogen-bond donors (Lipinski definition) is 1. The van der Waals surface area contributed by atoms with E-state index >= 15 is 0 Å². The Morgan fingerprint density at radius 3 is 2.89 bits per heavy atom. The third kappa shape index (κ3) is 4.04. The van der Waals surface area contributed by atoms with Gasteiger partial charge < -0.3 is 14.5 Å². The summed E-state index contributed by atoms with van der Waals surface area (Å²) in [6.07, 6.45) is 1.59. The van der Waals surface area contributed by atoms with Crippen molar-refractivity contribution in [1.82, 2.24) is 5.32 Å². The monoisotopic (exact) mass is 331 g/mol. The zero-order valence-electron chi connectivity index (χ0n) is 9.96. The lowest BCUT2D eigenvalue weighted by molar-refractivity contribution is 0.290. The van der Waals surface area contributed by atoms with Gasteiger partial charge in [0.05, 0.1) is 12.8 Å². The molecule has 0 bridgehead atoms. The molecule has 0 spiro atoms. The van der Waals surface area contributed by atoms with Crippen LogP contribution in [0.5, 0.6) is 5.75 Å². The van der Waals surface area contributed by atoms with Gasteiger partial charge in [-0.15, -0.1) is 0 Å². The van der Waals surface area contributed by atoms with Gasteiger partial charge in [-0.2, -0.15) is 4.39 Å². The molecule has 0 aliphatic carbocycles. The summed E-state index contributed by atoms with van der Waals surface area (Å²) < 4.78 is 37.2. The average Bonchev–Trinajstić information content (AvgIpc) is 2.87. The van der Waals surface area contributed by atoms with Gasteiger partial charge in [-0.25, -0.2) is 4.39 Å². The lowest BCUT2D eigenvalue weighted by Gasteiger charge is -2.08. The average molecular weight is 332 g/mol. The quantitative estimate of drug-likeness (QED) is 0.650. The van der Waals surface area contributed by atoms with Gasteiger partial charge >= 0.3 is 0 Å². The van der Waals surface area contributed by atoms with Gasteiger partial charge in [0.15, 0.2) is 11.6 Å². The van der Waals surface area contributed by atoms with Crippen LogP contribution in [-0.2, 0) is 6.54 Å². The van der Waals surface area contributed by atoms with Crippen molar-refractivity contribution in [2.24, 2.45) is 0 Å². The van der Waals surface area contributed by atoms with E-state index in [2.05, 4.69) is 21.2 Å². The molecule has 0 aliphatic heterocycles. The minimum absolute atomic E-state index is 0.105. The molecule has 1 aromatic carbocycles. The molecule has 1 aromatic heterocycles. The van der Waals surface area contributed by atoms with Crippen molar-refractivity contribution in [2.45, 2.75) is 6.54 Å². The van der Waals surface area contributed by atoms with Crippen molar-refractivity contribution >= 4 is 15.9 Å². The van der Waals surface area contributed by atoms with Crippen LogP contribution in [0.2, 0.25) is 0 Å². The molecule has 2 aromatic rings. The Morgan fingerprint density at radius 1 is 1.32 bits per heavy atom. The highest BCUT2D eigenvalue weighted by Gasteiger charge is 2.10. The molecule has 19 heavy (non-hydrogen) atoms. The number of hydrogen-bond acceptors (Lipinski definition) is 3. The summed E-state index contributed by atoms with van der Waals surface area (Å²) in [7, 11) is 0. The summed E-state index contributed by atoms with van der Waals surface area (Å²) in [5.41, 5.74) is 0. The highest BCUT2D eigenvalue weighted by Crippen LogP contribution is 2.25. The SMILES string of the molecule is Fc1cc(Br)cc(OCCNCc2ccco2)c1F. The molecule has 2 rings (SSSR count). The van der Waals surface area contributed by atoms with Gasteiger partial charge in [0, 0.05) is 11.0 Å². The van der Waals surface area contributed by atoms with Crippen molar-refractivity contribution in [3.8, 4) is 5.75 Å². The number of benzene rings is 1. The first-order valence-electron chi connectivity index (χ1n) is 5.67. The van der Waals surface area contributed by atoms with E-state index < -0.39 is 11.6 Å². The Kier molecular flexibility index (Phi) is 4.93. The predicted molar refractivity (Wildman–Crippen MR) is 70.0 cm³/mol. The molecule has 0 aliphatic rings. The normalized spacial score (nSPS) is 10.7. The lowest BCUT2D eigenvalue weighted by Crippen LogP contribution is -2.20. The summed E-state index contributed by atoms with van der Waals surface area (Å²) in [5, 5.41) is 3.06. The molecule has 0 unspecified atom stereocenters. The van der Waals surface area contributed by atoms with Gasteiger partial charge in [0.2, 0.25) is 5.82 Å². The summed E-state index contributed by atoms with van der Waals surface area (Å²) >= 11 is 3.08. The molecule has 3 nitrogen and oxygen atoms in total. The maximum absolute atomic E-state index is 13.4. The third-order valence-corrected chi connectivity index (χ3v) is 2.83. The van der Waals surface area contributed by atoms with Crippen LogP contribution in [-0.4, -0.2) is 13.2 Å². The standard InChI is InChI=1S/C13H12BrF2NO2/c14-9-6-11(15)13(16)12(7-9)19-5-3-17-8-10-2-1-4-18-10/h1-2,4,6-7,17H,3,5,8H2. The molecule has 102 valence electrons. The van der Waals surface area contributed by atoms with Crippen LogP contribution < -0.4 is 10.1 Å². The van der Waals surface area contributed by atoms with Gasteiger partial charge in [-0.3, -0.25) is 0 Å². The molecule has 6 heteroatoms. The zero-order valence-corrected chi connectivity index (χ0v) is 11.5. The van der Waals surface area contributed by atoms with Crippen LogP contribution in [0.15, 0.2) is 39.4 Å². The predicted octanol–water partition coefficient (Wildman–Crippen LogP) is 3.49. The second kappa shape index (κ2) is 6.68. The van der Waals surface area contributed by atoms with Crippen molar-refractivity contribution in [1.29, 1.82) is 0 Å². The van der Waals surface area contributed by atoms with Crippen LogP contribution in [0.25, 0.3) is 0 Å². The molecular formula is C13H12BrF2NO2. The number of furan rings is 1. The van der Waals surface area contributed by atoms with Crippen molar-refractivity contribution in [3.05, 3.63) is 52.4 Å². The minimum Gasteiger partial charge on any atom is -0.489 e. The number of rotatable bonds is 6. The van der Waals surface area contributed by atoms with E-state index in [0.717, 1.165) is 11.8 Å². The molecule has 1 N–H and O–H groups in total. The second-order valence-corrected chi connectivity index (χ2v) is 4.72. The molecule has 0 amide bonds. The Morgan fingerprint density at radius 2 is 2.16 bits per heavy atom. The first kappa shape index (κ1) is 14.0. The molecule has 0 fully saturated rings. The van der Waals surface area contributed by atoms with Gasteiger partial charge in [-0.05, 0) is 24.3 Å². The molecule has 0 radical (unpaired) electrons. The van der Waals surface area contributed by atoms with E-state index in [1.165, 1.54) is 6.07 Å². The summed E-state index contributed by atoms with van der Waals surface area (Å²) in [6.45, 7) is 1.29. The summed E-state index contributed by atoms with van der Waals surface area (Å²) in [4.78, 5) is 0. The first-order valence-corrected chi connectivity index (χ1v) is 6.46. The van der Waals surface area contributed by atoms with E-state index in [-0.39, 0.29) is 12.4 Å². The van der Waals surface area contributed by atoms with Crippen LogP contribution >= 0.6 is 15.9 Å². The van der Waals surface area contributed by atoms with E-state index in [4.69, 9.17) is 9.15 Å². The lowest BCUT2D eigenvalue weighted by atomic mass is 10.3. The van der Waals surface area contributed by atoms with Crippen LogP contribution in [0.3, 0.4) is 0 Å². The fourth-order valence-electron chi connectivity index (χ4n) is 1.50. The summed E-state index contributed by atoms with van der Waals surface area (Å²) in [6, 6.07) is 6.09. The number of ether oxygens (including phenoxy) is 1. The Hall–Kier alpha value is -1.40. The minimum atomic E-state index is -0.978. The van der Waals surface area contributed by atoms with E-state index in [0.29, 0.717) is 17.6 Å². The van der Waals surface area contributed by atoms with Gasteiger partial charge in [0.25, 0.3) is 0 Å². The summed E-state index contributed by atoms with van der Waals surface area (Å²) in [5.74, 6) is -1.21. The molecule has 0 atom stereocenters.